The van der Waals surface area contributed by atoms with E-state index in [9.17, 15) is 10.2 Å². The molecule has 0 saturated carbocycles. The van der Waals surface area contributed by atoms with E-state index in [0.29, 0.717) is 11.8 Å². The van der Waals surface area contributed by atoms with Crippen molar-refractivity contribution in [2.75, 3.05) is 13.2 Å². The van der Waals surface area contributed by atoms with Gasteiger partial charge in [-0.05, 0) is 18.3 Å². The lowest BCUT2D eigenvalue weighted by atomic mass is 9.74. The number of hydrogen-bond donors (Lipinski definition) is 2. The lowest BCUT2D eigenvalue weighted by Crippen LogP contribution is -2.35. The Hall–Kier alpha value is -0.0800. The van der Waals surface area contributed by atoms with Gasteiger partial charge in [-0.3, -0.25) is 0 Å². The van der Waals surface area contributed by atoms with E-state index in [0.717, 1.165) is 12.8 Å². The highest BCUT2D eigenvalue weighted by Gasteiger charge is 2.31. The monoisotopic (exact) mass is 202 g/mol. The number of hydrogen-bond acceptors (Lipinski definition) is 2. The minimum Gasteiger partial charge on any atom is -0.396 e. The molecule has 0 atom stereocenters. The van der Waals surface area contributed by atoms with Crippen molar-refractivity contribution in [2.24, 2.45) is 17.3 Å². The molecular weight excluding hydrogens is 176 g/mol. The quantitative estimate of drug-likeness (QED) is 0.665. The summed E-state index contributed by atoms with van der Waals surface area (Å²) in [5.41, 5.74) is -0.269. The van der Waals surface area contributed by atoms with Gasteiger partial charge in [-0.25, -0.2) is 0 Å². The van der Waals surface area contributed by atoms with Crippen molar-refractivity contribution in [3.8, 4) is 0 Å². The molecule has 0 radical (unpaired) electrons. The molecule has 0 aliphatic rings. The molecule has 0 aliphatic carbocycles. The van der Waals surface area contributed by atoms with Crippen molar-refractivity contribution in [2.45, 2.75) is 47.0 Å². The van der Waals surface area contributed by atoms with E-state index >= 15 is 0 Å². The summed E-state index contributed by atoms with van der Waals surface area (Å²) < 4.78 is 0. The van der Waals surface area contributed by atoms with Gasteiger partial charge in [0.15, 0.2) is 0 Å². The first-order chi connectivity index (χ1) is 6.48. The smallest absolute Gasteiger partial charge is 0.0511 e. The molecule has 2 nitrogen and oxygen atoms in total. The summed E-state index contributed by atoms with van der Waals surface area (Å²) >= 11 is 0. The molecule has 0 spiro atoms. The molecule has 86 valence electrons. The zero-order valence-electron chi connectivity index (χ0n) is 10.1. The third kappa shape index (κ3) is 3.97. The van der Waals surface area contributed by atoms with Gasteiger partial charge in [-0.15, -0.1) is 0 Å². The normalized spacial score (nSPS) is 12.9. The van der Waals surface area contributed by atoms with Crippen LogP contribution in [0.3, 0.4) is 0 Å². The summed E-state index contributed by atoms with van der Waals surface area (Å²) in [5.74, 6) is 1.04. The van der Waals surface area contributed by atoms with Gasteiger partial charge in [0, 0.05) is 5.41 Å². The maximum absolute atomic E-state index is 9.35. The van der Waals surface area contributed by atoms with Gasteiger partial charge in [0.05, 0.1) is 13.2 Å². The van der Waals surface area contributed by atoms with Gasteiger partial charge in [0.2, 0.25) is 0 Å². The highest BCUT2D eigenvalue weighted by molar-refractivity contribution is 4.81. The molecule has 0 aromatic carbocycles. The Morgan fingerprint density at radius 2 is 1.50 bits per heavy atom. The molecule has 0 heterocycles. The Balaban J connectivity index is 4.08. The standard InChI is InChI=1S/C12H26O2/c1-10(2)6-5-7-12(8-13,9-14)11(3)4/h10-11,13-14H,5-9H2,1-4H3. The predicted molar refractivity (Wildman–Crippen MR) is 60.1 cm³/mol. The average molecular weight is 202 g/mol. The molecule has 14 heavy (non-hydrogen) atoms. The van der Waals surface area contributed by atoms with Crippen LogP contribution in [0, 0.1) is 17.3 Å². The average Bonchev–Trinajstić information content (AvgIpc) is 2.12. The Labute approximate surface area is 88.3 Å². The summed E-state index contributed by atoms with van der Waals surface area (Å²) in [6.45, 7) is 8.74. The Morgan fingerprint density at radius 1 is 1.00 bits per heavy atom. The number of aliphatic hydroxyl groups is 2. The molecular formula is C12H26O2. The molecule has 0 bridgehead atoms. The van der Waals surface area contributed by atoms with Crippen molar-refractivity contribution < 1.29 is 10.2 Å². The fourth-order valence-corrected chi connectivity index (χ4v) is 1.72. The zero-order valence-corrected chi connectivity index (χ0v) is 10.1. The van der Waals surface area contributed by atoms with Gasteiger partial charge in [0.1, 0.15) is 0 Å². The molecule has 0 saturated heterocycles. The van der Waals surface area contributed by atoms with Crippen molar-refractivity contribution in [3.63, 3.8) is 0 Å². The van der Waals surface area contributed by atoms with Crippen LogP contribution in [0.2, 0.25) is 0 Å². The molecule has 2 heteroatoms. The summed E-state index contributed by atoms with van der Waals surface area (Å²) in [5, 5.41) is 18.7. The highest BCUT2D eigenvalue weighted by atomic mass is 16.3. The van der Waals surface area contributed by atoms with Gasteiger partial charge in [0.25, 0.3) is 0 Å². The van der Waals surface area contributed by atoms with E-state index in [4.69, 9.17) is 0 Å². The van der Waals surface area contributed by atoms with E-state index in [2.05, 4.69) is 27.7 Å². The van der Waals surface area contributed by atoms with Crippen LogP contribution < -0.4 is 0 Å². The molecule has 0 aromatic rings. The SMILES string of the molecule is CC(C)CCCC(CO)(CO)C(C)C. The molecule has 0 unspecified atom stereocenters. The maximum Gasteiger partial charge on any atom is 0.0511 e. The summed E-state index contributed by atoms with van der Waals surface area (Å²) in [7, 11) is 0. The second-order valence-corrected chi connectivity index (χ2v) is 5.12. The highest BCUT2D eigenvalue weighted by Crippen LogP contribution is 2.32. The van der Waals surface area contributed by atoms with Crippen molar-refractivity contribution in [1.29, 1.82) is 0 Å². The molecule has 0 aliphatic heterocycles. The molecule has 0 amide bonds. The summed E-state index contributed by atoms with van der Waals surface area (Å²) in [6.07, 6.45) is 3.20. The van der Waals surface area contributed by atoms with E-state index in [1.54, 1.807) is 0 Å². The van der Waals surface area contributed by atoms with Gasteiger partial charge in [-0.1, -0.05) is 40.5 Å². The first-order valence-electron chi connectivity index (χ1n) is 5.70. The Morgan fingerprint density at radius 3 is 1.79 bits per heavy atom. The Kier molecular flexibility index (Phi) is 6.38. The van der Waals surface area contributed by atoms with Crippen LogP contribution in [0.25, 0.3) is 0 Å². The summed E-state index contributed by atoms with van der Waals surface area (Å²) in [4.78, 5) is 0. The number of rotatable bonds is 7. The van der Waals surface area contributed by atoms with Crippen LogP contribution in [0.4, 0.5) is 0 Å². The first-order valence-corrected chi connectivity index (χ1v) is 5.70. The van der Waals surface area contributed by atoms with Crippen LogP contribution in [0.15, 0.2) is 0 Å². The minimum atomic E-state index is -0.269. The molecule has 0 fully saturated rings. The molecule has 2 N–H and O–H groups in total. The lowest BCUT2D eigenvalue weighted by molar-refractivity contribution is 0.00637. The maximum atomic E-state index is 9.35. The van der Waals surface area contributed by atoms with Crippen molar-refractivity contribution in [1.82, 2.24) is 0 Å². The van der Waals surface area contributed by atoms with Gasteiger partial charge in [-0.2, -0.15) is 0 Å². The number of aliphatic hydroxyl groups excluding tert-OH is 2. The predicted octanol–water partition coefficient (Wildman–Crippen LogP) is 2.44. The second-order valence-electron chi connectivity index (χ2n) is 5.12. The fourth-order valence-electron chi connectivity index (χ4n) is 1.72. The Bertz CT molecular complexity index is 137. The van der Waals surface area contributed by atoms with Gasteiger partial charge >= 0.3 is 0 Å². The van der Waals surface area contributed by atoms with Crippen molar-refractivity contribution in [3.05, 3.63) is 0 Å². The third-order valence-corrected chi connectivity index (χ3v) is 3.31. The zero-order chi connectivity index (χ0) is 11.2. The summed E-state index contributed by atoms with van der Waals surface area (Å²) in [6, 6.07) is 0. The third-order valence-electron chi connectivity index (χ3n) is 3.31. The van der Waals surface area contributed by atoms with Crippen LogP contribution in [0.5, 0.6) is 0 Å². The van der Waals surface area contributed by atoms with E-state index in [-0.39, 0.29) is 18.6 Å². The fraction of sp³-hybridized carbons (Fsp3) is 1.00. The van der Waals surface area contributed by atoms with Crippen molar-refractivity contribution >= 4 is 0 Å². The lowest BCUT2D eigenvalue weighted by Gasteiger charge is -2.34. The first kappa shape index (κ1) is 13.9. The van der Waals surface area contributed by atoms with Crippen LogP contribution >= 0.6 is 0 Å². The molecule has 0 aromatic heterocycles. The largest absolute Gasteiger partial charge is 0.396 e. The minimum absolute atomic E-state index is 0.0965. The van der Waals surface area contributed by atoms with Crippen LogP contribution in [0.1, 0.15) is 47.0 Å². The van der Waals surface area contributed by atoms with Crippen LogP contribution in [-0.4, -0.2) is 23.4 Å². The van der Waals surface area contributed by atoms with Crippen LogP contribution in [-0.2, 0) is 0 Å². The van der Waals surface area contributed by atoms with E-state index in [1.165, 1.54) is 6.42 Å². The van der Waals surface area contributed by atoms with E-state index < -0.39 is 0 Å². The van der Waals surface area contributed by atoms with Gasteiger partial charge < -0.3 is 10.2 Å². The van der Waals surface area contributed by atoms with E-state index in [1.807, 2.05) is 0 Å². The molecule has 0 rings (SSSR count). The topological polar surface area (TPSA) is 40.5 Å². The second kappa shape index (κ2) is 6.41.